The molecule has 2 atom stereocenters. The molecule has 0 bridgehead atoms. The van der Waals surface area contributed by atoms with Crippen LogP contribution in [0.5, 0.6) is 0 Å². The molecule has 0 radical (unpaired) electrons. The fraction of sp³-hybridized carbons (Fsp3) is 0.348. The summed E-state index contributed by atoms with van der Waals surface area (Å²) in [5, 5.41) is 9.17. The predicted octanol–water partition coefficient (Wildman–Crippen LogP) is 5.69. The second-order valence-electron chi connectivity index (χ2n) is 7.50. The van der Waals surface area contributed by atoms with Gasteiger partial charge in [-0.25, -0.2) is 0 Å². The minimum absolute atomic E-state index is 0.0111. The molecule has 1 N–H and O–H groups in total. The molecule has 2 aromatic heterocycles. The standard InChI is InChI=1S/C23H27N2O2PS2/c1-17(2)22(25-28(27)15-21-6-4-13-30-21)23(26)24-12-3-5-18-7-9-19(10-8-18)20-11-14-29-16-20/h4,6-11,13-14,16-17,22H,3,5,12,15H2,1-2H3,(H,24,26)/t22-/m0/s1. The number of carbonyl (C=O) groups is 1. The molecule has 0 aliphatic rings. The minimum Gasteiger partial charge on any atom is -0.612 e. The van der Waals surface area contributed by atoms with Gasteiger partial charge in [-0.15, -0.1) is 11.3 Å². The minimum atomic E-state index is -1.78. The van der Waals surface area contributed by atoms with Gasteiger partial charge in [0.2, 0.25) is 5.91 Å². The second-order valence-corrected chi connectivity index (χ2v) is 10.6. The maximum atomic E-state index is 12.6. The Bertz CT molecular complexity index is 936. The molecule has 3 aromatic rings. The summed E-state index contributed by atoms with van der Waals surface area (Å²) in [6.07, 6.45) is 2.17. The van der Waals surface area contributed by atoms with E-state index in [0.717, 1.165) is 17.7 Å². The van der Waals surface area contributed by atoms with Crippen molar-refractivity contribution in [1.82, 2.24) is 5.32 Å². The molecule has 1 aromatic carbocycles. The molecule has 4 nitrogen and oxygen atoms in total. The van der Waals surface area contributed by atoms with Crippen LogP contribution in [-0.2, 0) is 17.4 Å². The van der Waals surface area contributed by atoms with Crippen LogP contribution in [0.25, 0.3) is 11.1 Å². The highest BCUT2D eigenvalue weighted by Crippen LogP contribution is 2.27. The highest BCUT2D eigenvalue weighted by Gasteiger charge is 2.24. The van der Waals surface area contributed by atoms with Gasteiger partial charge in [0, 0.05) is 6.54 Å². The van der Waals surface area contributed by atoms with Crippen LogP contribution in [0.4, 0.5) is 0 Å². The van der Waals surface area contributed by atoms with Crippen LogP contribution < -0.4 is 10.2 Å². The molecule has 0 spiro atoms. The lowest BCUT2D eigenvalue weighted by molar-refractivity contribution is -0.156. The topological polar surface area (TPSA) is 64.5 Å². The summed E-state index contributed by atoms with van der Waals surface area (Å²) < 4.78 is 4.33. The van der Waals surface area contributed by atoms with Gasteiger partial charge in [-0.3, -0.25) is 4.79 Å². The third-order valence-corrected chi connectivity index (χ3v) is 7.67. The van der Waals surface area contributed by atoms with Crippen LogP contribution in [0.1, 0.15) is 30.7 Å². The van der Waals surface area contributed by atoms with Crippen LogP contribution in [0.15, 0.2) is 63.3 Å². The number of aryl methyl sites for hydroxylation is 1. The lowest BCUT2D eigenvalue weighted by atomic mass is 10.0. The first kappa shape index (κ1) is 22.8. The summed E-state index contributed by atoms with van der Waals surface area (Å²) in [7, 11) is -1.78. The van der Waals surface area contributed by atoms with E-state index in [9.17, 15) is 9.69 Å². The fourth-order valence-electron chi connectivity index (χ4n) is 3.11. The van der Waals surface area contributed by atoms with E-state index < -0.39 is 14.0 Å². The summed E-state index contributed by atoms with van der Waals surface area (Å²) in [6.45, 7) is 4.47. The fourth-order valence-corrected chi connectivity index (χ4v) is 5.99. The smallest absolute Gasteiger partial charge is 0.249 e. The monoisotopic (exact) mass is 458 g/mol. The first-order chi connectivity index (χ1) is 14.5. The maximum Gasteiger partial charge on any atom is 0.249 e. The van der Waals surface area contributed by atoms with Crippen molar-refractivity contribution in [3.8, 4) is 11.1 Å². The van der Waals surface area contributed by atoms with E-state index in [-0.39, 0.29) is 11.8 Å². The molecule has 0 aliphatic carbocycles. The maximum absolute atomic E-state index is 12.6. The van der Waals surface area contributed by atoms with Crippen LogP contribution in [-0.4, -0.2) is 18.5 Å². The number of nitrogens with zero attached hydrogens (tertiary/aromatic N) is 1. The number of carbonyl (C=O) groups excluding carboxylic acids is 1. The molecule has 0 aliphatic heterocycles. The molecule has 2 heterocycles. The van der Waals surface area contributed by atoms with Gasteiger partial charge in [-0.1, -0.05) is 48.9 Å². The lowest BCUT2D eigenvalue weighted by Crippen LogP contribution is -2.37. The molecule has 0 fully saturated rings. The highest BCUT2D eigenvalue weighted by atomic mass is 32.1. The Kier molecular flexibility index (Phi) is 8.76. The van der Waals surface area contributed by atoms with E-state index in [1.807, 2.05) is 31.4 Å². The molecule has 3 rings (SSSR count). The summed E-state index contributed by atoms with van der Waals surface area (Å²) in [4.78, 5) is 26.0. The molecule has 1 amide bonds. The van der Waals surface area contributed by atoms with Gasteiger partial charge >= 0.3 is 0 Å². The van der Waals surface area contributed by atoms with Gasteiger partial charge in [0.15, 0.2) is 20.1 Å². The molecule has 30 heavy (non-hydrogen) atoms. The molecule has 0 saturated heterocycles. The quantitative estimate of drug-likeness (QED) is 0.313. The number of thiophene rings is 2. The van der Waals surface area contributed by atoms with Gasteiger partial charge in [-0.05, 0) is 63.7 Å². The van der Waals surface area contributed by atoms with Crippen molar-refractivity contribution in [2.75, 3.05) is 6.54 Å². The van der Waals surface area contributed by atoms with E-state index in [1.165, 1.54) is 16.7 Å². The Morgan fingerprint density at radius 3 is 2.57 bits per heavy atom. The number of hydrogen-bond acceptors (Lipinski definition) is 5. The Morgan fingerprint density at radius 2 is 1.93 bits per heavy atom. The molecular formula is C23H27N2O2PS2. The van der Waals surface area contributed by atoms with Gasteiger partial charge < -0.3 is 10.2 Å². The largest absolute Gasteiger partial charge is 0.612 e. The number of rotatable bonds is 10. The number of nitrogens with one attached hydrogen (secondary N) is 1. The third kappa shape index (κ3) is 6.85. The summed E-state index contributed by atoms with van der Waals surface area (Å²) in [5.41, 5.74) is 3.73. The van der Waals surface area contributed by atoms with E-state index in [2.05, 4.69) is 51.2 Å². The Hall–Kier alpha value is -1.85. The van der Waals surface area contributed by atoms with E-state index in [4.69, 9.17) is 0 Å². The van der Waals surface area contributed by atoms with Crippen LogP contribution in [0, 0.1) is 5.92 Å². The van der Waals surface area contributed by atoms with Crippen molar-refractivity contribution >= 4 is 36.5 Å². The zero-order valence-corrected chi connectivity index (χ0v) is 19.8. The Balaban J connectivity index is 1.46. The SMILES string of the molecule is CC(C)[C@H](N=[P+]([O-])Cc1cccs1)C(=O)NCCCc1ccc(-c2ccsc2)cc1. The van der Waals surface area contributed by atoms with Gasteiger partial charge in [-0.2, -0.15) is 11.3 Å². The van der Waals surface area contributed by atoms with Crippen molar-refractivity contribution in [3.63, 3.8) is 0 Å². The predicted molar refractivity (Wildman–Crippen MR) is 127 cm³/mol. The lowest BCUT2D eigenvalue weighted by Gasteiger charge is -2.14. The number of amides is 1. The zero-order chi connectivity index (χ0) is 21.3. The number of hydrogen-bond donors (Lipinski definition) is 1. The van der Waals surface area contributed by atoms with Crippen LogP contribution >= 0.6 is 30.6 Å². The zero-order valence-electron chi connectivity index (χ0n) is 17.3. The van der Waals surface area contributed by atoms with E-state index in [1.54, 1.807) is 22.7 Å². The van der Waals surface area contributed by atoms with Crippen molar-refractivity contribution in [2.45, 2.75) is 38.9 Å². The molecular weight excluding hydrogens is 431 g/mol. The van der Waals surface area contributed by atoms with Gasteiger partial charge in [0.1, 0.15) is 0 Å². The van der Waals surface area contributed by atoms with Crippen molar-refractivity contribution in [1.29, 1.82) is 0 Å². The molecule has 1 unspecified atom stereocenters. The first-order valence-corrected chi connectivity index (χ1v) is 13.3. The highest BCUT2D eigenvalue weighted by molar-refractivity contribution is 7.39. The molecule has 158 valence electrons. The van der Waals surface area contributed by atoms with Gasteiger partial charge in [0.25, 0.3) is 0 Å². The third-order valence-electron chi connectivity index (χ3n) is 4.77. The first-order valence-electron chi connectivity index (χ1n) is 10.1. The summed E-state index contributed by atoms with van der Waals surface area (Å²) in [6, 6.07) is 14.0. The van der Waals surface area contributed by atoms with Crippen molar-refractivity contribution in [3.05, 3.63) is 69.0 Å². The second kappa shape index (κ2) is 11.5. The Labute approximate surface area is 187 Å². The summed E-state index contributed by atoms with van der Waals surface area (Å²) in [5.74, 6) is -0.121. The van der Waals surface area contributed by atoms with Crippen molar-refractivity contribution < 1.29 is 9.69 Å². The van der Waals surface area contributed by atoms with E-state index >= 15 is 0 Å². The normalized spacial score (nSPS) is 12.9. The van der Waals surface area contributed by atoms with Crippen LogP contribution in [0.2, 0.25) is 0 Å². The average molecular weight is 459 g/mol. The average Bonchev–Trinajstić information content (AvgIpc) is 3.44. The number of benzene rings is 1. The van der Waals surface area contributed by atoms with E-state index in [0.29, 0.717) is 12.7 Å². The van der Waals surface area contributed by atoms with Crippen LogP contribution in [0.3, 0.4) is 0 Å². The summed E-state index contributed by atoms with van der Waals surface area (Å²) >= 11 is 3.27. The molecule has 7 heteroatoms. The van der Waals surface area contributed by atoms with Gasteiger partial charge in [0.05, 0.1) is 4.88 Å². The Morgan fingerprint density at radius 1 is 1.13 bits per heavy atom. The molecule has 0 saturated carbocycles. The van der Waals surface area contributed by atoms with Crippen molar-refractivity contribution in [2.24, 2.45) is 10.7 Å².